The van der Waals surface area contributed by atoms with Crippen molar-refractivity contribution >= 4 is 28.6 Å². The number of aliphatic hydroxyl groups is 1. The Kier molecular flexibility index (Phi) is 4.17. The molecule has 1 aliphatic heterocycles. The number of aromatic nitrogens is 1. The topological polar surface area (TPSA) is 95.7 Å². The van der Waals surface area contributed by atoms with Crippen LogP contribution in [0.4, 0.5) is 10.1 Å². The Morgan fingerprint density at radius 3 is 2.78 bits per heavy atom. The fourth-order valence-electron chi connectivity index (χ4n) is 2.82. The summed E-state index contributed by atoms with van der Waals surface area (Å²) in [6.07, 6.45) is 1.14. The van der Waals surface area contributed by atoms with Crippen molar-refractivity contribution < 1.29 is 23.5 Å². The van der Waals surface area contributed by atoms with E-state index in [4.69, 9.17) is 9.52 Å². The van der Waals surface area contributed by atoms with Crippen LogP contribution in [-0.4, -0.2) is 40.0 Å². The van der Waals surface area contributed by atoms with Crippen LogP contribution in [0, 0.1) is 5.82 Å². The zero-order valence-corrected chi connectivity index (χ0v) is 14.0. The molecule has 2 N–H and O–H groups in total. The van der Waals surface area contributed by atoms with Gasteiger partial charge in [0.15, 0.2) is 5.58 Å². The summed E-state index contributed by atoms with van der Waals surface area (Å²) in [7, 11) is 0. The first kappa shape index (κ1) is 16.9. The average Bonchev–Trinajstić information content (AvgIpc) is 3.20. The summed E-state index contributed by atoms with van der Waals surface area (Å²) in [4.78, 5) is 29.2. The molecule has 2 heterocycles. The van der Waals surface area contributed by atoms with E-state index in [1.54, 1.807) is 24.3 Å². The van der Waals surface area contributed by atoms with E-state index >= 15 is 0 Å². The van der Waals surface area contributed by atoms with Gasteiger partial charge in [-0.1, -0.05) is 12.1 Å². The predicted octanol–water partition coefficient (Wildman–Crippen LogP) is 2.29. The minimum absolute atomic E-state index is 0.0450. The van der Waals surface area contributed by atoms with Gasteiger partial charge in [-0.3, -0.25) is 14.5 Å². The standard InChI is InChI=1S/C19H14FN3O4/c20-13-6-5-11(21-15-10-17(25)23(7-8-24)19(15)26)9-12(13)18-22-14-3-1-2-4-16(14)27-18/h1-6,9-10,21,24H,7-8H2. The highest BCUT2D eigenvalue weighted by atomic mass is 19.1. The van der Waals surface area contributed by atoms with E-state index in [9.17, 15) is 14.0 Å². The van der Waals surface area contributed by atoms with Crippen molar-refractivity contribution in [2.45, 2.75) is 0 Å². The molecule has 0 unspecified atom stereocenters. The molecule has 0 aliphatic carbocycles. The van der Waals surface area contributed by atoms with Crippen LogP contribution < -0.4 is 5.32 Å². The van der Waals surface area contributed by atoms with Gasteiger partial charge in [0, 0.05) is 11.8 Å². The summed E-state index contributed by atoms with van der Waals surface area (Å²) in [5.41, 5.74) is 1.70. The number of hydrogen-bond acceptors (Lipinski definition) is 6. The number of hydrogen-bond donors (Lipinski definition) is 2. The molecule has 4 rings (SSSR count). The number of aliphatic hydroxyl groups excluding tert-OH is 1. The van der Waals surface area contributed by atoms with Gasteiger partial charge >= 0.3 is 0 Å². The van der Waals surface area contributed by atoms with Gasteiger partial charge in [0.25, 0.3) is 11.8 Å². The van der Waals surface area contributed by atoms with Crippen LogP contribution >= 0.6 is 0 Å². The lowest BCUT2D eigenvalue weighted by Crippen LogP contribution is -2.34. The van der Waals surface area contributed by atoms with Gasteiger partial charge in [-0.05, 0) is 30.3 Å². The lowest BCUT2D eigenvalue weighted by Gasteiger charge is -2.13. The van der Waals surface area contributed by atoms with Gasteiger partial charge < -0.3 is 14.8 Å². The monoisotopic (exact) mass is 367 g/mol. The maximum absolute atomic E-state index is 14.3. The van der Waals surface area contributed by atoms with E-state index in [1.807, 2.05) is 0 Å². The van der Waals surface area contributed by atoms with Crippen molar-refractivity contribution in [2.75, 3.05) is 18.5 Å². The van der Waals surface area contributed by atoms with Crippen molar-refractivity contribution in [1.82, 2.24) is 9.88 Å². The van der Waals surface area contributed by atoms with Crippen LogP contribution in [-0.2, 0) is 9.59 Å². The Hall–Kier alpha value is -3.52. The number of para-hydroxylation sites is 2. The fraction of sp³-hybridized carbons (Fsp3) is 0.105. The number of oxazole rings is 1. The van der Waals surface area contributed by atoms with E-state index in [1.165, 1.54) is 18.2 Å². The van der Waals surface area contributed by atoms with Crippen LogP contribution in [0.1, 0.15) is 0 Å². The largest absolute Gasteiger partial charge is 0.436 e. The SMILES string of the molecule is O=C1C=C(Nc2ccc(F)c(-c3nc4ccccc4o3)c2)C(=O)N1CCO. The fourth-order valence-corrected chi connectivity index (χ4v) is 2.82. The number of nitrogens with zero attached hydrogens (tertiary/aromatic N) is 2. The van der Waals surface area contributed by atoms with Gasteiger partial charge in [-0.25, -0.2) is 9.37 Å². The number of carbonyl (C=O) groups excluding carboxylic acids is 2. The minimum Gasteiger partial charge on any atom is -0.436 e. The molecule has 2 amide bonds. The Morgan fingerprint density at radius 1 is 1.19 bits per heavy atom. The molecule has 136 valence electrons. The molecule has 0 bridgehead atoms. The maximum atomic E-state index is 14.3. The molecule has 2 aromatic carbocycles. The molecular weight excluding hydrogens is 353 g/mol. The molecule has 7 nitrogen and oxygen atoms in total. The first-order valence-electron chi connectivity index (χ1n) is 8.18. The zero-order chi connectivity index (χ0) is 19.0. The molecule has 0 saturated heterocycles. The molecule has 0 spiro atoms. The second-order valence-corrected chi connectivity index (χ2v) is 5.88. The van der Waals surface area contributed by atoms with Crippen molar-refractivity contribution in [3.8, 4) is 11.5 Å². The number of halogens is 1. The van der Waals surface area contributed by atoms with Crippen LogP contribution in [0.5, 0.6) is 0 Å². The summed E-state index contributed by atoms with van der Waals surface area (Å²) in [5.74, 6) is -1.49. The summed E-state index contributed by atoms with van der Waals surface area (Å²) >= 11 is 0. The van der Waals surface area contributed by atoms with E-state index in [-0.39, 0.29) is 30.3 Å². The lowest BCUT2D eigenvalue weighted by molar-refractivity contribution is -0.137. The molecule has 3 aromatic rings. The highest BCUT2D eigenvalue weighted by Crippen LogP contribution is 2.29. The van der Waals surface area contributed by atoms with E-state index in [0.717, 1.165) is 11.0 Å². The highest BCUT2D eigenvalue weighted by Gasteiger charge is 2.30. The third-order valence-electron chi connectivity index (χ3n) is 4.10. The van der Waals surface area contributed by atoms with Crippen LogP contribution in [0.25, 0.3) is 22.6 Å². The van der Waals surface area contributed by atoms with Gasteiger partial charge in [-0.2, -0.15) is 0 Å². The predicted molar refractivity (Wildman–Crippen MR) is 94.9 cm³/mol. The van der Waals surface area contributed by atoms with Gasteiger partial charge in [0.2, 0.25) is 5.89 Å². The number of imide groups is 1. The van der Waals surface area contributed by atoms with Crippen molar-refractivity contribution in [1.29, 1.82) is 0 Å². The normalized spacial score (nSPS) is 14.1. The Labute approximate surface area is 152 Å². The molecule has 8 heteroatoms. The summed E-state index contributed by atoms with van der Waals surface area (Å²) in [6.45, 7) is -0.409. The first-order valence-corrected chi connectivity index (χ1v) is 8.18. The first-order chi connectivity index (χ1) is 13.1. The number of nitrogens with one attached hydrogen (secondary N) is 1. The molecule has 0 radical (unpaired) electrons. The molecular formula is C19H14FN3O4. The Morgan fingerprint density at radius 2 is 2.00 bits per heavy atom. The minimum atomic E-state index is -0.554. The summed E-state index contributed by atoms with van der Waals surface area (Å²) in [5, 5.41) is 11.8. The number of carbonyl (C=O) groups is 2. The van der Waals surface area contributed by atoms with Crippen molar-refractivity contribution in [3.05, 3.63) is 60.1 Å². The second-order valence-electron chi connectivity index (χ2n) is 5.88. The van der Waals surface area contributed by atoms with Crippen LogP contribution in [0.3, 0.4) is 0 Å². The molecule has 1 aromatic heterocycles. The highest BCUT2D eigenvalue weighted by molar-refractivity contribution is 6.17. The molecule has 1 aliphatic rings. The van der Waals surface area contributed by atoms with E-state index in [0.29, 0.717) is 16.8 Å². The zero-order valence-electron chi connectivity index (χ0n) is 14.0. The van der Waals surface area contributed by atoms with Gasteiger partial charge in [0.1, 0.15) is 17.0 Å². The molecule has 27 heavy (non-hydrogen) atoms. The van der Waals surface area contributed by atoms with Crippen molar-refractivity contribution in [3.63, 3.8) is 0 Å². The summed E-state index contributed by atoms with van der Waals surface area (Å²) < 4.78 is 19.9. The van der Waals surface area contributed by atoms with Crippen molar-refractivity contribution in [2.24, 2.45) is 0 Å². The second kappa shape index (κ2) is 6.65. The molecule has 0 fully saturated rings. The van der Waals surface area contributed by atoms with Gasteiger partial charge in [0.05, 0.1) is 18.7 Å². The van der Waals surface area contributed by atoms with Gasteiger partial charge in [-0.15, -0.1) is 0 Å². The lowest BCUT2D eigenvalue weighted by atomic mass is 10.2. The quantitative estimate of drug-likeness (QED) is 0.672. The summed E-state index contributed by atoms with van der Waals surface area (Å²) in [6, 6.07) is 11.2. The Balaban J connectivity index is 1.64. The number of β-amino-alcohol motifs (C(OH)–C–C–N with tert-alkyl or cyclic N) is 1. The maximum Gasteiger partial charge on any atom is 0.277 e. The molecule has 0 atom stereocenters. The third-order valence-corrected chi connectivity index (χ3v) is 4.10. The Bertz CT molecular complexity index is 1060. The van der Waals surface area contributed by atoms with Crippen LogP contribution in [0.15, 0.2) is 58.7 Å². The number of fused-ring (bicyclic) bond motifs is 1. The van der Waals surface area contributed by atoms with E-state index in [2.05, 4.69) is 10.3 Å². The number of rotatable bonds is 5. The average molecular weight is 367 g/mol. The van der Waals surface area contributed by atoms with E-state index < -0.39 is 17.6 Å². The number of anilines is 1. The smallest absolute Gasteiger partial charge is 0.277 e. The number of benzene rings is 2. The van der Waals surface area contributed by atoms with Crippen LogP contribution in [0.2, 0.25) is 0 Å². The number of amides is 2. The molecule has 0 saturated carbocycles. The third kappa shape index (κ3) is 3.06.